The Labute approximate surface area is 122 Å². The first-order valence-corrected chi connectivity index (χ1v) is 6.52. The van der Waals surface area contributed by atoms with Crippen LogP contribution < -0.4 is 5.32 Å². The number of benzene rings is 2. The van der Waals surface area contributed by atoms with E-state index in [0.717, 1.165) is 11.4 Å². The molecule has 19 heavy (non-hydrogen) atoms. The minimum atomic E-state index is -0.423. The van der Waals surface area contributed by atoms with Gasteiger partial charge in [0.05, 0.1) is 8.49 Å². The number of nitro groups is 1. The summed E-state index contributed by atoms with van der Waals surface area (Å²) < 4.78 is 13.7. The maximum Gasteiger partial charge on any atom is 0.282 e. The third-order valence-corrected chi connectivity index (χ3v) is 3.46. The van der Waals surface area contributed by atoms with Gasteiger partial charge >= 0.3 is 0 Å². The molecule has 0 aliphatic heterocycles. The predicted molar refractivity (Wildman–Crippen MR) is 80.2 cm³/mol. The van der Waals surface area contributed by atoms with Crippen LogP contribution >= 0.6 is 22.6 Å². The van der Waals surface area contributed by atoms with Crippen molar-refractivity contribution in [1.29, 1.82) is 0 Å². The smallest absolute Gasteiger partial charge is 0.282 e. The lowest BCUT2D eigenvalue weighted by Crippen LogP contribution is -1.95. The minimum absolute atomic E-state index is 0.0708. The van der Waals surface area contributed by atoms with E-state index in [9.17, 15) is 14.5 Å². The zero-order valence-corrected chi connectivity index (χ0v) is 12.1. The molecule has 0 bridgehead atoms. The average molecular weight is 372 g/mol. The predicted octanol–water partition coefficient (Wildman–Crippen LogP) is 4.39. The molecule has 0 unspecified atom stereocenters. The van der Waals surface area contributed by atoms with E-state index in [4.69, 9.17) is 0 Å². The fourth-order valence-corrected chi connectivity index (χ4v) is 2.33. The third-order valence-electron chi connectivity index (χ3n) is 2.59. The molecule has 0 saturated carbocycles. The van der Waals surface area contributed by atoms with Gasteiger partial charge in [-0.25, -0.2) is 4.39 Å². The molecule has 1 N–H and O–H groups in total. The molecule has 0 aliphatic carbocycles. The summed E-state index contributed by atoms with van der Waals surface area (Å²) in [5, 5.41) is 13.8. The van der Waals surface area contributed by atoms with Gasteiger partial charge in [0, 0.05) is 17.4 Å². The first-order valence-electron chi connectivity index (χ1n) is 5.44. The number of aryl methyl sites for hydroxylation is 1. The van der Waals surface area contributed by atoms with Crippen molar-refractivity contribution in [2.75, 3.05) is 5.32 Å². The van der Waals surface area contributed by atoms with Crippen LogP contribution in [0.2, 0.25) is 0 Å². The van der Waals surface area contributed by atoms with Gasteiger partial charge in [-0.2, -0.15) is 0 Å². The van der Waals surface area contributed by atoms with Gasteiger partial charge in [-0.3, -0.25) is 10.1 Å². The molecule has 0 saturated heterocycles. The van der Waals surface area contributed by atoms with Gasteiger partial charge in [-0.1, -0.05) is 0 Å². The van der Waals surface area contributed by atoms with Crippen molar-refractivity contribution >= 4 is 39.7 Å². The summed E-state index contributed by atoms with van der Waals surface area (Å²) in [4.78, 5) is 10.3. The molecule has 0 amide bonds. The quantitative estimate of drug-likeness (QED) is 0.494. The zero-order valence-electron chi connectivity index (χ0n) is 9.98. The van der Waals surface area contributed by atoms with Gasteiger partial charge in [-0.05, 0) is 65.4 Å². The highest BCUT2D eigenvalue weighted by molar-refractivity contribution is 14.1. The lowest BCUT2D eigenvalue weighted by molar-refractivity contribution is -0.385. The molecule has 2 aromatic rings. The van der Waals surface area contributed by atoms with Crippen molar-refractivity contribution in [3.63, 3.8) is 0 Å². The van der Waals surface area contributed by atoms with Crippen molar-refractivity contribution in [2.45, 2.75) is 6.92 Å². The summed E-state index contributed by atoms with van der Waals surface area (Å²) in [5.74, 6) is -0.260. The van der Waals surface area contributed by atoms with Gasteiger partial charge in [-0.15, -0.1) is 0 Å². The number of halogens is 2. The Kier molecular flexibility index (Phi) is 3.98. The molecule has 2 rings (SSSR count). The molecule has 0 atom stereocenters. The summed E-state index contributed by atoms with van der Waals surface area (Å²) in [7, 11) is 0. The molecule has 2 aromatic carbocycles. The number of nitro benzene ring substituents is 1. The monoisotopic (exact) mass is 372 g/mol. The van der Waals surface area contributed by atoms with E-state index >= 15 is 0 Å². The fraction of sp³-hybridized carbons (Fsp3) is 0.0769. The lowest BCUT2D eigenvalue weighted by atomic mass is 10.2. The summed E-state index contributed by atoms with van der Waals surface area (Å²) in [6, 6.07) is 9.44. The van der Waals surface area contributed by atoms with E-state index in [1.54, 1.807) is 31.2 Å². The normalized spacial score (nSPS) is 10.3. The van der Waals surface area contributed by atoms with Crippen LogP contribution in [0.1, 0.15) is 5.56 Å². The van der Waals surface area contributed by atoms with Crippen LogP contribution in [0.3, 0.4) is 0 Å². The Balaban J connectivity index is 2.26. The Bertz CT molecular complexity index is 647. The topological polar surface area (TPSA) is 55.2 Å². The summed E-state index contributed by atoms with van der Waals surface area (Å²) in [6.45, 7) is 1.68. The average Bonchev–Trinajstić information content (AvgIpc) is 2.33. The van der Waals surface area contributed by atoms with Crippen molar-refractivity contribution in [2.24, 2.45) is 0 Å². The van der Waals surface area contributed by atoms with Gasteiger partial charge in [0.1, 0.15) is 5.82 Å². The molecule has 0 spiro atoms. The van der Waals surface area contributed by atoms with E-state index in [1.807, 2.05) is 22.6 Å². The molecular weight excluding hydrogens is 362 g/mol. The van der Waals surface area contributed by atoms with E-state index in [0.29, 0.717) is 9.13 Å². The van der Waals surface area contributed by atoms with Gasteiger partial charge < -0.3 is 5.32 Å². The summed E-state index contributed by atoms with van der Waals surface area (Å²) >= 11 is 1.91. The summed E-state index contributed by atoms with van der Waals surface area (Å²) in [5.41, 5.74) is 2.08. The first-order chi connectivity index (χ1) is 8.97. The van der Waals surface area contributed by atoms with Crippen molar-refractivity contribution in [1.82, 2.24) is 0 Å². The zero-order chi connectivity index (χ0) is 14.0. The second-order valence-corrected chi connectivity index (χ2v) is 5.17. The number of hydrogen-bond acceptors (Lipinski definition) is 3. The number of anilines is 2. The van der Waals surface area contributed by atoms with Crippen LogP contribution in [0.25, 0.3) is 0 Å². The Morgan fingerprint density at radius 3 is 2.42 bits per heavy atom. The first kappa shape index (κ1) is 13.7. The number of nitrogens with one attached hydrogen (secondary N) is 1. The van der Waals surface area contributed by atoms with Crippen molar-refractivity contribution in [3.05, 3.63) is 61.5 Å². The molecule has 6 heteroatoms. The number of nitrogens with zero attached hydrogens (tertiary/aromatic N) is 1. The van der Waals surface area contributed by atoms with Crippen LogP contribution in [0.4, 0.5) is 21.5 Å². The van der Waals surface area contributed by atoms with E-state index < -0.39 is 4.92 Å². The molecule has 98 valence electrons. The SMILES string of the molecule is Cc1cc(Nc2ccc([N+](=O)[O-])c(I)c2)ccc1F. The second kappa shape index (κ2) is 5.52. The Hall–Kier alpha value is -1.70. The van der Waals surface area contributed by atoms with Crippen LogP contribution in [0.15, 0.2) is 36.4 Å². The van der Waals surface area contributed by atoms with Gasteiger partial charge in [0.25, 0.3) is 5.69 Å². The Morgan fingerprint density at radius 2 is 1.84 bits per heavy atom. The van der Waals surface area contributed by atoms with E-state index in [1.165, 1.54) is 12.1 Å². The van der Waals surface area contributed by atoms with Gasteiger partial charge in [0.15, 0.2) is 0 Å². The van der Waals surface area contributed by atoms with Crippen LogP contribution in [0.5, 0.6) is 0 Å². The highest BCUT2D eigenvalue weighted by Crippen LogP contribution is 2.26. The number of hydrogen-bond donors (Lipinski definition) is 1. The maximum atomic E-state index is 13.1. The molecule has 0 aliphatic rings. The van der Waals surface area contributed by atoms with Crippen LogP contribution in [-0.4, -0.2) is 4.92 Å². The fourth-order valence-electron chi connectivity index (χ4n) is 1.62. The highest BCUT2D eigenvalue weighted by Gasteiger charge is 2.11. The molecule has 0 heterocycles. The third kappa shape index (κ3) is 3.19. The largest absolute Gasteiger partial charge is 0.355 e. The lowest BCUT2D eigenvalue weighted by Gasteiger charge is -2.08. The molecule has 0 aromatic heterocycles. The minimum Gasteiger partial charge on any atom is -0.355 e. The molecular formula is C13H10FIN2O2. The van der Waals surface area contributed by atoms with E-state index in [-0.39, 0.29) is 11.5 Å². The second-order valence-electron chi connectivity index (χ2n) is 4.01. The Morgan fingerprint density at radius 1 is 1.21 bits per heavy atom. The molecule has 0 radical (unpaired) electrons. The maximum absolute atomic E-state index is 13.1. The highest BCUT2D eigenvalue weighted by atomic mass is 127. The number of rotatable bonds is 3. The van der Waals surface area contributed by atoms with Crippen molar-refractivity contribution in [3.8, 4) is 0 Å². The standard InChI is InChI=1S/C13H10FIN2O2/c1-8-6-9(2-4-11(8)14)16-10-3-5-13(17(18)19)12(15)7-10/h2-7,16H,1H3. The van der Waals surface area contributed by atoms with E-state index in [2.05, 4.69) is 5.32 Å². The van der Waals surface area contributed by atoms with Crippen molar-refractivity contribution < 1.29 is 9.31 Å². The van der Waals surface area contributed by atoms with Gasteiger partial charge in [0.2, 0.25) is 0 Å². The molecule has 0 fully saturated rings. The molecule has 4 nitrogen and oxygen atoms in total. The summed E-state index contributed by atoms with van der Waals surface area (Å²) in [6.07, 6.45) is 0. The van der Waals surface area contributed by atoms with Crippen LogP contribution in [-0.2, 0) is 0 Å². The van der Waals surface area contributed by atoms with Crippen LogP contribution in [0, 0.1) is 26.4 Å².